The number of furan rings is 1. The van der Waals surface area contributed by atoms with Crippen LogP contribution in [0.3, 0.4) is 0 Å². The molecule has 3 rings (SSSR count). The van der Waals surface area contributed by atoms with E-state index in [4.69, 9.17) is 4.42 Å². The van der Waals surface area contributed by atoms with Gasteiger partial charge in [-0.3, -0.25) is 14.4 Å². The molecule has 1 aromatic carbocycles. The maximum Gasteiger partial charge on any atom is 0.251 e. The molecule has 1 atom stereocenters. The van der Waals surface area contributed by atoms with Crippen molar-refractivity contribution in [3.05, 3.63) is 59.5 Å². The lowest BCUT2D eigenvalue weighted by Gasteiger charge is -2.36. The van der Waals surface area contributed by atoms with E-state index in [0.29, 0.717) is 43.7 Å². The number of aryl methyl sites for hydroxylation is 1. The Morgan fingerprint density at radius 2 is 1.76 bits per heavy atom. The summed E-state index contributed by atoms with van der Waals surface area (Å²) in [4.78, 5) is 40.5. The van der Waals surface area contributed by atoms with Crippen molar-refractivity contribution in [2.75, 3.05) is 13.1 Å². The quantitative estimate of drug-likeness (QED) is 0.669. The summed E-state index contributed by atoms with van der Waals surface area (Å²) in [6.07, 6.45) is 3.36. The van der Waals surface area contributed by atoms with Crippen LogP contribution in [0.1, 0.15) is 61.7 Å². The molecule has 7 heteroatoms. The molecule has 1 saturated heterocycles. The largest absolute Gasteiger partial charge is 0.467 e. The monoisotopic (exact) mass is 453 g/mol. The van der Waals surface area contributed by atoms with Gasteiger partial charge in [0.25, 0.3) is 5.91 Å². The first-order chi connectivity index (χ1) is 15.6. The molecule has 33 heavy (non-hydrogen) atoms. The third-order valence-corrected chi connectivity index (χ3v) is 5.95. The molecule has 178 valence electrons. The van der Waals surface area contributed by atoms with Gasteiger partial charge < -0.3 is 20.0 Å². The number of carbonyl (C=O) groups excluding carboxylic acids is 3. The van der Waals surface area contributed by atoms with Gasteiger partial charge >= 0.3 is 0 Å². The minimum atomic E-state index is -0.686. The molecule has 1 aliphatic rings. The number of piperidine rings is 1. The van der Waals surface area contributed by atoms with Crippen LogP contribution in [0.25, 0.3) is 0 Å². The Morgan fingerprint density at radius 3 is 2.33 bits per heavy atom. The molecule has 1 aromatic heterocycles. The number of rotatable bonds is 7. The number of amides is 3. The SMILES string of the molecule is Cc1ccc(C(=O)N[C@@H](C(=O)NCc2ccco2)C2CCN(C(=O)CC(C)(C)C)CC2)cc1. The smallest absolute Gasteiger partial charge is 0.251 e. The highest BCUT2D eigenvalue weighted by Crippen LogP contribution is 2.25. The summed E-state index contributed by atoms with van der Waals surface area (Å²) < 4.78 is 5.30. The number of nitrogens with one attached hydrogen (secondary N) is 2. The van der Waals surface area contributed by atoms with Crippen LogP contribution in [0.2, 0.25) is 0 Å². The number of benzene rings is 1. The number of hydrogen-bond donors (Lipinski definition) is 2. The number of likely N-dealkylation sites (tertiary alicyclic amines) is 1. The lowest BCUT2D eigenvalue weighted by molar-refractivity contribution is -0.134. The molecule has 0 bridgehead atoms. The fourth-order valence-electron chi connectivity index (χ4n) is 4.07. The van der Waals surface area contributed by atoms with Gasteiger partial charge in [-0.15, -0.1) is 0 Å². The molecule has 1 fully saturated rings. The Balaban J connectivity index is 1.67. The van der Waals surface area contributed by atoms with E-state index >= 15 is 0 Å². The number of hydrogen-bond acceptors (Lipinski definition) is 4. The fourth-order valence-corrected chi connectivity index (χ4v) is 4.07. The number of carbonyl (C=O) groups is 3. The highest BCUT2D eigenvalue weighted by Gasteiger charge is 2.34. The topological polar surface area (TPSA) is 91.7 Å². The summed E-state index contributed by atoms with van der Waals surface area (Å²) >= 11 is 0. The van der Waals surface area contributed by atoms with Crippen molar-refractivity contribution in [2.45, 2.75) is 59.5 Å². The molecule has 1 aliphatic heterocycles. The van der Waals surface area contributed by atoms with Gasteiger partial charge in [-0.05, 0) is 55.4 Å². The zero-order valence-electron chi connectivity index (χ0n) is 20.0. The predicted octanol–water partition coefficient (Wildman–Crippen LogP) is 3.68. The van der Waals surface area contributed by atoms with E-state index in [9.17, 15) is 14.4 Å². The van der Waals surface area contributed by atoms with Gasteiger partial charge in [0.1, 0.15) is 11.8 Å². The van der Waals surface area contributed by atoms with Crippen LogP contribution >= 0.6 is 0 Å². The second-order valence-corrected chi connectivity index (χ2v) is 10.1. The second kappa shape index (κ2) is 10.7. The summed E-state index contributed by atoms with van der Waals surface area (Å²) in [5.74, 6) is 0.207. The van der Waals surface area contributed by atoms with E-state index in [-0.39, 0.29) is 35.6 Å². The van der Waals surface area contributed by atoms with E-state index in [1.54, 1.807) is 30.5 Å². The molecule has 2 aromatic rings. The average Bonchev–Trinajstić information content (AvgIpc) is 3.29. The second-order valence-electron chi connectivity index (χ2n) is 10.1. The Bertz CT molecular complexity index is 937. The van der Waals surface area contributed by atoms with Crippen molar-refractivity contribution in [1.29, 1.82) is 0 Å². The zero-order valence-corrected chi connectivity index (χ0v) is 20.0. The van der Waals surface area contributed by atoms with Gasteiger partial charge in [0, 0.05) is 25.1 Å². The molecule has 0 saturated carbocycles. The average molecular weight is 454 g/mol. The minimum Gasteiger partial charge on any atom is -0.467 e. The summed E-state index contributed by atoms with van der Waals surface area (Å²) in [5, 5.41) is 5.84. The molecule has 0 aliphatic carbocycles. The van der Waals surface area contributed by atoms with Gasteiger partial charge in [-0.1, -0.05) is 38.5 Å². The van der Waals surface area contributed by atoms with Crippen molar-refractivity contribution in [2.24, 2.45) is 11.3 Å². The van der Waals surface area contributed by atoms with Crippen LogP contribution in [0.5, 0.6) is 0 Å². The maximum atomic E-state index is 13.1. The van der Waals surface area contributed by atoms with E-state index in [1.807, 2.05) is 24.0 Å². The molecule has 2 N–H and O–H groups in total. The van der Waals surface area contributed by atoms with Gasteiger partial charge in [-0.25, -0.2) is 0 Å². The minimum absolute atomic E-state index is 0.0605. The molecule has 7 nitrogen and oxygen atoms in total. The van der Waals surface area contributed by atoms with Gasteiger partial charge in [0.05, 0.1) is 12.8 Å². The molecule has 0 spiro atoms. The Kier molecular flexibility index (Phi) is 7.95. The third kappa shape index (κ3) is 7.20. The highest BCUT2D eigenvalue weighted by atomic mass is 16.3. The van der Waals surface area contributed by atoms with Crippen LogP contribution < -0.4 is 10.6 Å². The third-order valence-electron chi connectivity index (χ3n) is 5.95. The van der Waals surface area contributed by atoms with Crippen LogP contribution in [0, 0.1) is 18.3 Å². The van der Waals surface area contributed by atoms with E-state index in [1.165, 1.54) is 0 Å². The first-order valence-corrected chi connectivity index (χ1v) is 11.6. The zero-order chi connectivity index (χ0) is 24.0. The normalized spacial score (nSPS) is 15.7. The number of nitrogens with zero attached hydrogens (tertiary/aromatic N) is 1. The molecule has 3 amide bonds. The van der Waals surface area contributed by atoms with Gasteiger partial charge in [0.2, 0.25) is 11.8 Å². The van der Waals surface area contributed by atoms with Crippen molar-refractivity contribution in [1.82, 2.24) is 15.5 Å². The predicted molar refractivity (Wildman–Crippen MR) is 126 cm³/mol. The Labute approximate surface area is 195 Å². The molecular formula is C26H35N3O4. The van der Waals surface area contributed by atoms with E-state index in [0.717, 1.165) is 5.56 Å². The lowest BCUT2D eigenvalue weighted by atomic mass is 9.87. The molecule has 0 radical (unpaired) electrons. The van der Waals surface area contributed by atoms with Crippen molar-refractivity contribution >= 4 is 17.7 Å². The van der Waals surface area contributed by atoms with Crippen molar-refractivity contribution < 1.29 is 18.8 Å². The molecule has 2 heterocycles. The van der Waals surface area contributed by atoms with Gasteiger partial charge in [-0.2, -0.15) is 0 Å². The Morgan fingerprint density at radius 1 is 1.09 bits per heavy atom. The lowest BCUT2D eigenvalue weighted by Crippen LogP contribution is -2.53. The van der Waals surface area contributed by atoms with Gasteiger partial charge in [0.15, 0.2) is 0 Å². The first kappa shape index (κ1) is 24.6. The van der Waals surface area contributed by atoms with Crippen LogP contribution in [-0.2, 0) is 16.1 Å². The summed E-state index contributed by atoms with van der Waals surface area (Å²) in [7, 11) is 0. The standard InChI is InChI=1S/C26H35N3O4/c1-18-7-9-20(10-8-18)24(31)28-23(25(32)27-17-21-6-5-15-33-21)19-11-13-29(14-12-19)22(30)16-26(2,3)4/h5-10,15,19,23H,11-14,16-17H2,1-4H3,(H,27,32)(H,28,31)/t23-/m1/s1. The fraction of sp³-hybridized carbons (Fsp3) is 0.500. The summed E-state index contributed by atoms with van der Waals surface area (Å²) in [6.45, 7) is 9.55. The van der Waals surface area contributed by atoms with Crippen molar-refractivity contribution in [3.8, 4) is 0 Å². The van der Waals surface area contributed by atoms with E-state index < -0.39 is 6.04 Å². The van der Waals surface area contributed by atoms with E-state index in [2.05, 4.69) is 31.4 Å². The first-order valence-electron chi connectivity index (χ1n) is 11.6. The molecular weight excluding hydrogens is 418 g/mol. The maximum absolute atomic E-state index is 13.1. The summed E-state index contributed by atoms with van der Waals surface area (Å²) in [5.41, 5.74) is 1.51. The summed E-state index contributed by atoms with van der Waals surface area (Å²) in [6, 6.07) is 10.1. The van der Waals surface area contributed by atoms with Crippen LogP contribution in [-0.4, -0.2) is 41.8 Å². The van der Waals surface area contributed by atoms with Crippen LogP contribution in [0.15, 0.2) is 47.1 Å². The van der Waals surface area contributed by atoms with Crippen molar-refractivity contribution in [3.63, 3.8) is 0 Å². The molecule has 0 unspecified atom stereocenters. The Hall–Kier alpha value is -3.09. The van der Waals surface area contributed by atoms with Crippen LogP contribution in [0.4, 0.5) is 0 Å². The highest BCUT2D eigenvalue weighted by molar-refractivity contribution is 5.97.